The van der Waals surface area contributed by atoms with Crippen molar-refractivity contribution in [2.45, 2.75) is 18.9 Å². The topological polar surface area (TPSA) is 29.3 Å². The van der Waals surface area contributed by atoms with Crippen molar-refractivity contribution in [1.82, 2.24) is 4.90 Å². The lowest BCUT2D eigenvalue weighted by Crippen LogP contribution is -2.54. The van der Waals surface area contributed by atoms with E-state index in [9.17, 15) is 0 Å². The summed E-state index contributed by atoms with van der Waals surface area (Å²) in [5.41, 5.74) is 5.88. The van der Waals surface area contributed by atoms with Crippen LogP contribution in [0.2, 0.25) is 0 Å². The average Bonchev–Trinajstić information content (AvgIpc) is 1.90. The van der Waals surface area contributed by atoms with Crippen LogP contribution in [0.4, 0.5) is 0 Å². The Morgan fingerprint density at radius 1 is 1.09 bits per heavy atom. The predicted molar refractivity (Wildman–Crippen MR) is 51.6 cm³/mol. The SMILES string of the molecule is Cl.Cl.N[C@H]1CN2CCC1CC2. The molecule has 0 amide bonds. The molecule has 3 rings (SSSR count). The molecule has 0 radical (unpaired) electrons. The molecule has 3 saturated heterocycles. The van der Waals surface area contributed by atoms with E-state index in [1.165, 1.54) is 25.9 Å². The lowest BCUT2D eigenvalue weighted by Gasteiger charge is -2.43. The molecule has 2 bridgehead atoms. The van der Waals surface area contributed by atoms with Crippen LogP contribution in [-0.4, -0.2) is 30.6 Å². The van der Waals surface area contributed by atoms with E-state index in [0.717, 1.165) is 12.5 Å². The molecule has 1 atom stereocenters. The van der Waals surface area contributed by atoms with E-state index in [-0.39, 0.29) is 24.8 Å². The number of hydrogen-bond acceptors (Lipinski definition) is 2. The Kier molecular flexibility index (Phi) is 4.71. The molecule has 2 N–H and O–H groups in total. The quantitative estimate of drug-likeness (QED) is 0.627. The van der Waals surface area contributed by atoms with E-state index in [0.29, 0.717) is 6.04 Å². The van der Waals surface area contributed by atoms with Crippen LogP contribution in [-0.2, 0) is 0 Å². The minimum absolute atomic E-state index is 0. The molecule has 0 unspecified atom stereocenters. The van der Waals surface area contributed by atoms with E-state index >= 15 is 0 Å². The summed E-state index contributed by atoms with van der Waals surface area (Å²) in [6.45, 7) is 3.77. The van der Waals surface area contributed by atoms with Crippen molar-refractivity contribution in [3.63, 3.8) is 0 Å². The third-order valence-corrected chi connectivity index (χ3v) is 2.71. The van der Waals surface area contributed by atoms with Crippen LogP contribution in [0.15, 0.2) is 0 Å². The summed E-state index contributed by atoms with van der Waals surface area (Å²) < 4.78 is 0. The lowest BCUT2D eigenvalue weighted by atomic mass is 9.85. The zero-order chi connectivity index (χ0) is 6.27. The van der Waals surface area contributed by atoms with E-state index in [2.05, 4.69) is 4.90 Å². The molecule has 3 aliphatic rings. The van der Waals surface area contributed by atoms with Gasteiger partial charge in [0.15, 0.2) is 0 Å². The fourth-order valence-electron chi connectivity index (χ4n) is 2.01. The number of hydrogen-bond donors (Lipinski definition) is 1. The van der Waals surface area contributed by atoms with E-state index in [1.54, 1.807) is 0 Å². The van der Waals surface area contributed by atoms with Gasteiger partial charge in [0.05, 0.1) is 0 Å². The largest absolute Gasteiger partial charge is 0.326 e. The van der Waals surface area contributed by atoms with Crippen LogP contribution in [0.25, 0.3) is 0 Å². The molecule has 3 fully saturated rings. The van der Waals surface area contributed by atoms with Gasteiger partial charge in [0, 0.05) is 12.6 Å². The maximum Gasteiger partial charge on any atom is 0.0197 e. The summed E-state index contributed by atoms with van der Waals surface area (Å²) in [6.07, 6.45) is 2.70. The summed E-state index contributed by atoms with van der Waals surface area (Å²) in [4.78, 5) is 2.48. The molecule has 0 saturated carbocycles. The molecule has 2 nitrogen and oxygen atoms in total. The van der Waals surface area contributed by atoms with Crippen molar-refractivity contribution in [2.24, 2.45) is 11.7 Å². The van der Waals surface area contributed by atoms with Gasteiger partial charge in [0.1, 0.15) is 0 Å². The van der Waals surface area contributed by atoms with Crippen LogP contribution in [0, 0.1) is 5.92 Å². The summed E-state index contributed by atoms with van der Waals surface area (Å²) in [6, 6.07) is 0.493. The van der Waals surface area contributed by atoms with Gasteiger partial charge in [-0.15, -0.1) is 24.8 Å². The fraction of sp³-hybridized carbons (Fsp3) is 1.00. The molecule has 0 spiro atoms. The molecule has 3 aliphatic heterocycles. The highest BCUT2D eigenvalue weighted by atomic mass is 35.5. The smallest absolute Gasteiger partial charge is 0.0197 e. The highest BCUT2D eigenvalue weighted by Crippen LogP contribution is 2.25. The van der Waals surface area contributed by atoms with Crippen molar-refractivity contribution in [3.8, 4) is 0 Å². The Hall–Kier alpha value is 0.500. The second-order valence-corrected chi connectivity index (χ2v) is 3.30. The average molecular weight is 199 g/mol. The van der Waals surface area contributed by atoms with Gasteiger partial charge >= 0.3 is 0 Å². The van der Waals surface area contributed by atoms with Crippen molar-refractivity contribution >= 4 is 24.8 Å². The zero-order valence-electron chi connectivity index (χ0n) is 6.53. The summed E-state index contributed by atoms with van der Waals surface area (Å²) in [5, 5.41) is 0. The molecule has 68 valence electrons. The Morgan fingerprint density at radius 3 is 1.82 bits per heavy atom. The fourth-order valence-corrected chi connectivity index (χ4v) is 2.01. The van der Waals surface area contributed by atoms with Crippen molar-refractivity contribution in [2.75, 3.05) is 19.6 Å². The van der Waals surface area contributed by atoms with E-state index in [4.69, 9.17) is 5.73 Å². The van der Waals surface area contributed by atoms with Gasteiger partial charge in [-0.1, -0.05) is 0 Å². The van der Waals surface area contributed by atoms with Gasteiger partial charge in [-0.3, -0.25) is 0 Å². The van der Waals surface area contributed by atoms with Gasteiger partial charge in [-0.25, -0.2) is 0 Å². The molecule has 11 heavy (non-hydrogen) atoms. The highest BCUT2D eigenvalue weighted by Gasteiger charge is 2.31. The molecule has 0 aliphatic carbocycles. The normalized spacial score (nSPS) is 40.6. The van der Waals surface area contributed by atoms with Gasteiger partial charge in [0.25, 0.3) is 0 Å². The number of nitrogens with zero attached hydrogens (tertiary/aromatic N) is 1. The molecule has 0 aromatic rings. The van der Waals surface area contributed by atoms with E-state index in [1.807, 2.05) is 0 Å². The highest BCUT2D eigenvalue weighted by molar-refractivity contribution is 5.85. The van der Waals surface area contributed by atoms with Crippen molar-refractivity contribution in [3.05, 3.63) is 0 Å². The minimum atomic E-state index is 0. The van der Waals surface area contributed by atoms with Crippen LogP contribution in [0.1, 0.15) is 12.8 Å². The maximum absolute atomic E-state index is 5.88. The molecule has 3 heterocycles. The van der Waals surface area contributed by atoms with Crippen LogP contribution < -0.4 is 5.73 Å². The van der Waals surface area contributed by atoms with Crippen LogP contribution >= 0.6 is 24.8 Å². The monoisotopic (exact) mass is 198 g/mol. The van der Waals surface area contributed by atoms with Gasteiger partial charge in [-0.05, 0) is 31.8 Å². The summed E-state index contributed by atoms with van der Waals surface area (Å²) in [7, 11) is 0. The number of halogens is 2. The molecular weight excluding hydrogens is 183 g/mol. The maximum atomic E-state index is 5.88. The zero-order valence-corrected chi connectivity index (χ0v) is 8.16. The first-order chi connectivity index (χ1) is 4.36. The van der Waals surface area contributed by atoms with Crippen LogP contribution in [0.5, 0.6) is 0 Å². The Morgan fingerprint density at radius 2 is 1.64 bits per heavy atom. The summed E-state index contributed by atoms with van der Waals surface area (Å²) >= 11 is 0. The van der Waals surface area contributed by atoms with Gasteiger partial charge in [-0.2, -0.15) is 0 Å². The van der Waals surface area contributed by atoms with Crippen LogP contribution in [0.3, 0.4) is 0 Å². The molecule has 4 heteroatoms. The number of nitrogens with two attached hydrogens (primary N) is 1. The Labute approximate surface area is 80.3 Å². The van der Waals surface area contributed by atoms with Crippen molar-refractivity contribution in [1.29, 1.82) is 0 Å². The standard InChI is InChI=1S/C7H14N2.2ClH/c8-7-5-9-3-1-6(7)2-4-9;;/h6-7H,1-5,8H2;2*1H/t7-;;/m0../s1. The second-order valence-electron chi connectivity index (χ2n) is 3.30. The minimum Gasteiger partial charge on any atom is -0.326 e. The molecular formula is C7H16Cl2N2. The lowest BCUT2D eigenvalue weighted by molar-refractivity contribution is 0.0896. The predicted octanol–water partition coefficient (Wildman–Crippen LogP) is 0.883. The van der Waals surface area contributed by atoms with Gasteiger partial charge < -0.3 is 10.6 Å². The van der Waals surface area contributed by atoms with Crippen molar-refractivity contribution < 1.29 is 0 Å². The Bertz CT molecular complexity index is 113. The number of piperidine rings is 3. The van der Waals surface area contributed by atoms with Gasteiger partial charge in [0.2, 0.25) is 0 Å². The van der Waals surface area contributed by atoms with E-state index < -0.39 is 0 Å². The first kappa shape index (κ1) is 11.5. The first-order valence-corrected chi connectivity index (χ1v) is 3.84. The molecule has 0 aromatic heterocycles. The third-order valence-electron chi connectivity index (χ3n) is 2.71. The third kappa shape index (κ3) is 2.22. The Balaban J connectivity index is 0.000000500. The number of rotatable bonds is 0. The first-order valence-electron chi connectivity index (χ1n) is 3.84. The number of fused-ring (bicyclic) bond motifs is 3. The second kappa shape index (κ2) is 4.51. The molecule has 0 aromatic carbocycles. The summed E-state index contributed by atoms with van der Waals surface area (Å²) in [5.74, 6) is 0.856.